The summed E-state index contributed by atoms with van der Waals surface area (Å²) in [5, 5.41) is 11.8. The maximum Gasteiger partial charge on any atom is 0.306 e. The Labute approximate surface area is 506 Å². The summed E-state index contributed by atoms with van der Waals surface area (Å²) >= 11 is 0. The van der Waals surface area contributed by atoms with Gasteiger partial charge < -0.3 is 33.3 Å². The Bertz CT molecular complexity index is 1620. The summed E-state index contributed by atoms with van der Waals surface area (Å²) in [7, 11) is 5.92. The largest absolute Gasteiger partial charge is 0.545 e. The van der Waals surface area contributed by atoms with Crippen molar-refractivity contribution in [3.63, 3.8) is 0 Å². The fraction of sp³-hybridized carbons (Fsp3) is 0.767. The second kappa shape index (κ2) is 63.5. The number of likely N-dealkylation sites (N-methyl/N-ethyl adjacent to an activating group) is 1. The van der Waals surface area contributed by atoms with Gasteiger partial charge in [0.15, 0.2) is 12.4 Å². The average Bonchev–Trinajstić information content (AvgIpc) is 3.45. The Hall–Kier alpha value is -3.53. The third-order valence-electron chi connectivity index (χ3n) is 14.9. The number of allylic oxidation sites excluding steroid dienone is 14. The molecule has 0 aliphatic rings. The van der Waals surface area contributed by atoms with Crippen molar-refractivity contribution in [1.29, 1.82) is 0 Å². The minimum atomic E-state index is -1.63. The van der Waals surface area contributed by atoms with Crippen LogP contribution in [0, 0.1) is 0 Å². The number of carbonyl (C=O) groups is 3. The van der Waals surface area contributed by atoms with Crippen LogP contribution >= 0.6 is 0 Å². The quantitative estimate of drug-likeness (QED) is 0.0195. The first-order chi connectivity index (χ1) is 40.1. The Morgan fingerprint density at radius 2 is 0.695 bits per heavy atom. The maximum atomic E-state index is 12.9. The van der Waals surface area contributed by atoms with Gasteiger partial charge in [0.25, 0.3) is 0 Å². The molecule has 0 aliphatic heterocycles. The molecule has 9 heteroatoms. The number of carbonyl (C=O) groups excluding carboxylic acids is 3. The smallest absolute Gasteiger partial charge is 0.306 e. The molecule has 0 bridgehead atoms. The minimum absolute atomic E-state index is 0.141. The molecular weight excluding hydrogens is 1020 g/mol. The van der Waals surface area contributed by atoms with Crippen molar-refractivity contribution in [1.82, 2.24) is 0 Å². The molecule has 0 aromatic rings. The van der Waals surface area contributed by atoms with Gasteiger partial charge in [0.2, 0.25) is 0 Å². The molecule has 2 atom stereocenters. The van der Waals surface area contributed by atoms with E-state index >= 15 is 0 Å². The van der Waals surface area contributed by atoms with Gasteiger partial charge in [-0.05, 0) is 70.6 Å². The lowest BCUT2D eigenvalue weighted by Gasteiger charge is -2.26. The molecule has 0 spiro atoms. The van der Waals surface area contributed by atoms with Crippen LogP contribution < -0.4 is 5.11 Å². The predicted molar refractivity (Wildman–Crippen MR) is 348 cm³/mol. The maximum absolute atomic E-state index is 12.9. The van der Waals surface area contributed by atoms with Crippen LogP contribution in [0.2, 0.25) is 0 Å². The molecule has 82 heavy (non-hydrogen) atoms. The summed E-state index contributed by atoms with van der Waals surface area (Å²) in [5.74, 6) is -2.30. The number of aliphatic carboxylic acids is 1. The van der Waals surface area contributed by atoms with E-state index in [1.807, 2.05) is 21.1 Å². The fourth-order valence-electron chi connectivity index (χ4n) is 9.70. The minimum Gasteiger partial charge on any atom is -0.545 e. The summed E-state index contributed by atoms with van der Waals surface area (Å²) in [6, 6.07) is 0. The third kappa shape index (κ3) is 64.0. The lowest BCUT2D eigenvalue weighted by atomic mass is 10.0. The molecule has 0 N–H and O–H groups in total. The lowest BCUT2D eigenvalue weighted by molar-refractivity contribution is -0.870. The van der Waals surface area contributed by atoms with Crippen molar-refractivity contribution in [3.05, 3.63) is 85.1 Å². The number of hydrogen-bond acceptors (Lipinski definition) is 8. The molecule has 9 nitrogen and oxygen atoms in total. The van der Waals surface area contributed by atoms with Crippen molar-refractivity contribution >= 4 is 17.9 Å². The number of unbranched alkanes of at least 4 members (excludes halogenated alkanes) is 34. The third-order valence-corrected chi connectivity index (χ3v) is 14.9. The van der Waals surface area contributed by atoms with Crippen molar-refractivity contribution in [2.75, 3.05) is 47.5 Å². The van der Waals surface area contributed by atoms with E-state index in [-0.39, 0.29) is 38.6 Å². The number of ether oxygens (including phenoxy) is 4. The summed E-state index contributed by atoms with van der Waals surface area (Å²) in [4.78, 5) is 37.5. The first-order valence-electron chi connectivity index (χ1n) is 34.2. The Kier molecular flexibility index (Phi) is 60.8. The zero-order valence-corrected chi connectivity index (χ0v) is 54.1. The van der Waals surface area contributed by atoms with Gasteiger partial charge in [-0.2, -0.15) is 0 Å². The second-order valence-electron chi connectivity index (χ2n) is 24.1. The monoisotopic (exact) mass is 1150 g/mol. The molecule has 0 aromatic carbocycles. The van der Waals surface area contributed by atoms with Gasteiger partial charge in [-0.15, -0.1) is 0 Å². The van der Waals surface area contributed by atoms with Crippen LogP contribution in [0.15, 0.2) is 85.1 Å². The molecule has 0 saturated carbocycles. The number of carboxylic acids is 1. The Morgan fingerprint density at radius 1 is 0.378 bits per heavy atom. The van der Waals surface area contributed by atoms with Crippen LogP contribution in [0.4, 0.5) is 0 Å². The van der Waals surface area contributed by atoms with Crippen molar-refractivity contribution in [2.24, 2.45) is 0 Å². The van der Waals surface area contributed by atoms with E-state index in [0.29, 0.717) is 17.4 Å². The molecule has 0 saturated heterocycles. The fourth-order valence-corrected chi connectivity index (χ4v) is 9.70. The first-order valence-corrected chi connectivity index (χ1v) is 34.2. The Balaban J connectivity index is 4.16. The zero-order valence-electron chi connectivity index (χ0n) is 54.1. The van der Waals surface area contributed by atoms with Crippen molar-refractivity contribution in [2.45, 2.75) is 315 Å². The van der Waals surface area contributed by atoms with Gasteiger partial charge in [-0.25, -0.2) is 0 Å². The summed E-state index contributed by atoms with van der Waals surface area (Å²) in [6.45, 7) is 4.64. The summed E-state index contributed by atoms with van der Waals surface area (Å²) in [6.07, 6.45) is 82.4. The van der Waals surface area contributed by atoms with E-state index in [0.717, 1.165) is 96.3 Å². The summed E-state index contributed by atoms with van der Waals surface area (Å²) < 4.78 is 22.8. The van der Waals surface area contributed by atoms with Gasteiger partial charge in [0.05, 0.1) is 40.3 Å². The van der Waals surface area contributed by atoms with E-state index in [1.165, 1.54) is 173 Å². The number of hydrogen-bond donors (Lipinski definition) is 0. The normalized spacial score (nSPS) is 13.2. The number of nitrogens with zero attached hydrogens (tertiary/aromatic N) is 1. The molecular formula is C73H129NO8. The van der Waals surface area contributed by atoms with Gasteiger partial charge in [-0.1, -0.05) is 304 Å². The van der Waals surface area contributed by atoms with Crippen LogP contribution in [0.25, 0.3) is 0 Å². The van der Waals surface area contributed by atoms with Gasteiger partial charge in [0, 0.05) is 12.8 Å². The van der Waals surface area contributed by atoms with Crippen LogP contribution in [0.5, 0.6) is 0 Å². The zero-order chi connectivity index (χ0) is 59.8. The molecule has 0 fully saturated rings. The highest BCUT2D eigenvalue weighted by Gasteiger charge is 2.22. The summed E-state index contributed by atoms with van der Waals surface area (Å²) in [5.41, 5.74) is 0. The molecule has 2 unspecified atom stereocenters. The highest BCUT2D eigenvalue weighted by Crippen LogP contribution is 2.18. The SMILES string of the molecule is CC/C=C\C/C=C\C/C=C\C/C=C\C/C=C\C/C=C\C/C=C\CCCCCCCC(=O)OC(COC(=O)CCCCCCCCCCCCCCCCCCCCCCCCCCCCCCCC)COC(OCC[N+](C)(C)C)C(=O)[O-]. The van der Waals surface area contributed by atoms with E-state index in [2.05, 4.69) is 98.9 Å². The van der Waals surface area contributed by atoms with E-state index < -0.39 is 24.3 Å². The second-order valence-corrected chi connectivity index (χ2v) is 24.1. The number of quaternary nitrogens is 1. The topological polar surface area (TPSA) is 111 Å². The van der Waals surface area contributed by atoms with E-state index in [9.17, 15) is 19.5 Å². The van der Waals surface area contributed by atoms with Crippen molar-refractivity contribution < 1.29 is 42.9 Å². The van der Waals surface area contributed by atoms with Gasteiger partial charge in [-0.3, -0.25) is 9.59 Å². The highest BCUT2D eigenvalue weighted by atomic mass is 16.7. The van der Waals surface area contributed by atoms with E-state index in [1.54, 1.807) is 0 Å². The van der Waals surface area contributed by atoms with Crippen LogP contribution in [-0.2, 0) is 33.3 Å². The molecule has 0 amide bonds. The van der Waals surface area contributed by atoms with Gasteiger partial charge in [0.1, 0.15) is 13.2 Å². The average molecular weight is 1150 g/mol. The standard InChI is InChI=1S/C73H129NO8/c1-6-8-10-12-14-16-18-20-22-24-26-28-30-32-34-35-36-38-39-41-43-45-47-49-51-53-55-57-59-61-63-70(75)80-67-69(68-81-73(72(77)78)79-66-65-74(3,4)5)82-71(76)64-62-60-58-56-54-52-50-48-46-44-42-40-37-33-31-29-27-25-23-21-19-17-15-13-11-9-7-2/h9,11,15,17,21,23,27,29,33,37,42,44,48,50,69,73H,6-8,10,12-14,16,18-20,22,24-26,28,30-32,34-36,38-41,43,45-47,49,51-68H2,1-5H3/b11-9-,17-15-,23-21-,29-27-,37-33-,44-42-,50-48-. The van der Waals surface area contributed by atoms with Gasteiger partial charge >= 0.3 is 11.9 Å². The molecule has 0 aliphatic carbocycles. The van der Waals surface area contributed by atoms with Crippen LogP contribution in [-0.4, -0.2) is 82.3 Å². The Morgan fingerprint density at radius 3 is 1.04 bits per heavy atom. The molecule has 474 valence electrons. The van der Waals surface area contributed by atoms with Crippen LogP contribution in [0.3, 0.4) is 0 Å². The molecule has 0 heterocycles. The number of rotatable bonds is 63. The van der Waals surface area contributed by atoms with Crippen LogP contribution in [0.1, 0.15) is 303 Å². The van der Waals surface area contributed by atoms with Crippen molar-refractivity contribution in [3.8, 4) is 0 Å². The lowest BCUT2D eigenvalue weighted by Crippen LogP contribution is -2.44. The highest BCUT2D eigenvalue weighted by molar-refractivity contribution is 5.70. The molecule has 0 aromatic heterocycles. The number of esters is 2. The number of carboxylic acid groups (broad SMARTS) is 1. The predicted octanol–water partition coefficient (Wildman–Crippen LogP) is 19.7. The van der Waals surface area contributed by atoms with E-state index in [4.69, 9.17) is 18.9 Å². The molecule has 0 radical (unpaired) electrons. The first kappa shape index (κ1) is 78.5. The molecule has 0 rings (SSSR count).